The first-order valence-corrected chi connectivity index (χ1v) is 8.79. The Morgan fingerprint density at radius 3 is 2.44 bits per heavy atom. The molecule has 0 saturated heterocycles. The lowest BCUT2D eigenvalue weighted by molar-refractivity contribution is 0.1000. The van der Waals surface area contributed by atoms with Gasteiger partial charge in [-0.15, -0.1) is 0 Å². The summed E-state index contributed by atoms with van der Waals surface area (Å²) in [6.07, 6.45) is 0. The summed E-state index contributed by atoms with van der Waals surface area (Å²) in [5.41, 5.74) is 12.0. The van der Waals surface area contributed by atoms with E-state index in [-0.39, 0.29) is 0 Å². The summed E-state index contributed by atoms with van der Waals surface area (Å²) in [6, 6.07) is 17.8. The summed E-state index contributed by atoms with van der Waals surface area (Å²) in [7, 11) is 1.76. The molecule has 1 amide bonds. The van der Waals surface area contributed by atoms with Crippen LogP contribution in [0.3, 0.4) is 0 Å². The molecule has 0 radical (unpaired) electrons. The van der Waals surface area contributed by atoms with Gasteiger partial charge in [0.05, 0.1) is 5.36 Å². The average Bonchev–Trinajstić information content (AvgIpc) is 2.65. The summed E-state index contributed by atoms with van der Waals surface area (Å²) >= 11 is 0. The van der Waals surface area contributed by atoms with E-state index in [0.29, 0.717) is 5.56 Å². The number of rotatable bonds is 2. The summed E-state index contributed by atoms with van der Waals surface area (Å²) in [5, 5.41) is 1.90. The number of hydrogen-bond acceptors (Lipinski definition) is 3. The molecule has 1 heterocycles. The zero-order valence-corrected chi connectivity index (χ0v) is 15.5. The minimum atomic E-state index is -0.424. The van der Waals surface area contributed by atoms with Gasteiger partial charge in [-0.3, -0.25) is 9.79 Å². The molecular weight excluding hydrogens is 336 g/mol. The van der Waals surface area contributed by atoms with E-state index >= 15 is 0 Å². The highest BCUT2D eigenvalue weighted by atomic mass is 16.3. The van der Waals surface area contributed by atoms with Crippen LogP contribution in [0.4, 0.5) is 0 Å². The molecule has 4 rings (SSSR count). The lowest BCUT2D eigenvalue weighted by atomic mass is 9.90. The van der Waals surface area contributed by atoms with Crippen molar-refractivity contribution in [3.8, 4) is 22.5 Å². The smallest absolute Gasteiger partial charge is 0.248 e. The van der Waals surface area contributed by atoms with Gasteiger partial charge in [0.1, 0.15) is 11.3 Å². The number of nitrogens with zero attached hydrogens (tertiary/aromatic N) is 1. The van der Waals surface area contributed by atoms with Crippen molar-refractivity contribution < 1.29 is 9.21 Å². The highest BCUT2D eigenvalue weighted by Gasteiger charge is 2.18. The van der Waals surface area contributed by atoms with Crippen molar-refractivity contribution >= 4 is 16.9 Å². The van der Waals surface area contributed by atoms with Gasteiger partial charge in [0.25, 0.3) is 0 Å². The summed E-state index contributed by atoms with van der Waals surface area (Å²) in [6.45, 7) is 4.04. The van der Waals surface area contributed by atoms with Crippen LogP contribution in [0.5, 0.6) is 0 Å². The molecule has 0 fully saturated rings. The quantitative estimate of drug-likeness (QED) is 0.539. The van der Waals surface area contributed by atoms with Crippen molar-refractivity contribution in [3.63, 3.8) is 0 Å². The van der Waals surface area contributed by atoms with Crippen LogP contribution in [0.25, 0.3) is 33.4 Å². The number of benzene rings is 3. The van der Waals surface area contributed by atoms with Gasteiger partial charge in [0.15, 0.2) is 0 Å². The fraction of sp³-hybridized carbons (Fsp3) is 0.130. The zero-order valence-electron chi connectivity index (χ0n) is 15.5. The van der Waals surface area contributed by atoms with Crippen LogP contribution < -0.4 is 11.1 Å². The second-order valence-corrected chi connectivity index (χ2v) is 6.77. The van der Waals surface area contributed by atoms with Crippen molar-refractivity contribution in [1.29, 1.82) is 0 Å². The fourth-order valence-corrected chi connectivity index (χ4v) is 3.51. The van der Waals surface area contributed by atoms with E-state index in [1.54, 1.807) is 13.1 Å². The van der Waals surface area contributed by atoms with Crippen LogP contribution in [0.15, 0.2) is 64.0 Å². The minimum Gasteiger partial charge on any atom is -0.456 e. The third kappa shape index (κ3) is 2.89. The Morgan fingerprint density at radius 2 is 1.74 bits per heavy atom. The van der Waals surface area contributed by atoms with Gasteiger partial charge in [-0.05, 0) is 60.9 Å². The number of hydrogen-bond donors (Lipinski definition) is 1. The second kappa shape index (κ2) is 6.40. The SMILES string of the molecule is CN=c1ccc2c(-c3ccc(C(N)=O)cc3C)c3ccc(C)cc3oc-2c1. The summed E-state index contributed by atoms with van der Waals surface area (Å²) in [5.74, 6) is 0.358. The highest BCUT2D eigenvalue weighted by Crippen LogP contribution is 2.41. The maximum Gasteiger partial charge on any atom is 0.248 e. The van der Waals surface area contributed by atoms with E-state index in [1.165, 1.54) is 0 Å². The molecular formula is C23H20N2O2. The Balaban J connectivity index is 2.13. The molecule has 0 bridgehead atoms. The minimum absolute atomic E-state index is 0.424. The predicted molar refractivity (Wildman–Crippen MR) is 108 cm³/mol. The van der Waals surface area contributed by atoms with Gasteiger partial charge < -0.3 is 10.2 Å². The first-order valence-electron chi connectivity index (χ1n) is 8.79. The largest absolute Gasteiger partial charge is 0.456 e. The van der Waals surface area contributed by atoms with Gasteiger partial charge in [-0.2, -0.15) is 0 Å². The van der Waals surface area contributed by atoms with Crippen LogP contribution in [0, 0.1) is 13.8 Å². The van der Waals surface area contributed by atoms with Crippen LogP contribution in [-0.4, -0.2) is 13.0 Å². The Labute approximate surface area is 157 Å². The first kappa shape index (κ1) is 17.0. The van der Waals surface area contributed by atoms with Gasteiger partial charge in [0.2, 0.25) is 5.91 Å². The topological polar surface area (TPSA) is 68.6 Å². The third-order valence-corrected chi connectivity index (χ3v) is 4.90. The average molecular weight is 356 g/mol. The zero-order chi connectivity index (χ0) is 19.1. The molecule has 0 aromatic heterocycles. The number of carbonyl (C=O) groups excluding carboxylic acids is 1. The van der Waals surface area contributed by atoms with Crippen LogP contribution in [0.2, 0.25) is 0 Å². The first-order chi connectivity index (χ1) is 13.0. The van der Waals surface area contributed by atoms with Crippen molar-refractivity contribution in [2.24, 2.45) is 10.7 Å². The van der Waals surface area contributed by atoms with E-state index < -0.39 is 5.91 Å². The Kier molecular flexibility index (Phi) is 4.04. The summed E-state index contributed by atoms with van der Waals surface area (Å²) in [4.78, 5) is 15.8. The number of carbonyl (C=O) groups is 1. The molecule has 0 saturated carbocycles. The van der Waals surface area contributed by atoms with E-state index in [9.17, 15) is 4.79 Å². The van der Waals surface area contributed by atoms with E-state index in [4.69, 9.17) is 10.2 Å². The standard InChI is InChI=1S/C23H20N2O2/c1-13-4-7-18-20(10-13)27-21-12-16(25-3)6-9-19(21)22(18)17-8-5-15(23(24)26)11-14(17)2/h4-12H,1-3H3,(H2,24,26). The molecule has 134 valence electrons. The molecule has 2 aliphatic rings. The molecule has 0 unspecified atom stereocenters. The van der Waals surface area contributed by atoms with Crippen LogP contribution in [-0.2, 0) is 0 Å². The summed E-state index contributed by atoms with van der Waals surface area (Å²) < 4.78 is 6.20. The van der Waals surface area contributed by atoms with Gasteiger partial charge in [-0.1, -0.05) is 18.2 Å². The predicted octanol–water partition coefficient (Wildman–Crippen LogP) is 4.45. The lowest BCUT2D eigenvalue weighted by Gasteiger charge is -2.17. The number of fused-ring (bicyclic) bond motifs is 2. The monoisotopic (exact) mass is 356 g/mol. The highest BCUT2D eigenvalue weighted by molar-refractivity contribution is 6.03. The van der Waals surface area contributed by atoms with Crippen molar-refractivity contribution in [2.45, 2.75) is 13.8 Å². The van der Waals surface area contributed by atoms with E-state index in [1.807, 2.05) is 50.2 Å². The molecule has 2 N–H and O–H groups in total. The number of amides is 1. The van der Waals surface area contributed by atoms with E-state index in [2.05, 4.69) is 17.1 Å². The van der Waals surface area contributed by atoms with Crippen molar-refractivity contribution in [3.05, 3.63) is 76.6 Å². The number of primary amides is 1. The molecule has 2 aromatic rings. The van der Waals surface area contributed by atoms with E-state index in [0.717, 1.165) is 49.9 Å². The second-order valence-electron chi connectivity index (χ2n) is 6.77. The maximum atomic E-state index is 11.5. The molecule has 2 aromatic carbocycles. The number of aryl methyl sites for hydroxylation is 2. The maximum absolute atomic E-state index is 11.5. The molecule has 27 heavy (non-hydrogen) atoms. The molecule has 1 aliphatic carbocycles. The Morgan fingerprint density at radius 1 is 0.963 bits per heavy atom. The number of nitrogens with two attached hydrogens (primary N) is 1. The van der Waals surface area contributed by atoms with Crippen molar-refractivity contribution in [2.75, 3.05) is 7.05 Å². The molecule has 0 spiro atoms. The lowest BCUT2D eigenvalue weighted by Crippen LogP contribution is -2.11. The van der Waals surface area contributed by atoms with Crippen LogP contribution in [0.1, 0.15) is 21.5 Å². The molecule has 1 aliphatic heterocycles. The third-order valence-electron chi connectivity index (χ3n) is 4.90. The van der Waals surface area contributed by atoms with Gasteiger partial charge in [-0.25, -0.2) is 0 Å². The van der Waals surface area contributed by atoms with Gasteiger partial charge in [0, 0.05) is 35.2 Å². The molecule has 4 heteroatoms. The molecule has 0 atom stereocenters. The fourth-order valence-electron chi connectivity index (χ4n) is 3.51. The Hall–Kier alpha value is -3.40. The van der Waals surface area contributed by atoms with Gasteiger partial charge >= 0.3 is 0 Å². The Bertz CT molecular complexity index is 1230. The normalized spacial score (nSPS) is 12.0. The van der Waals surface area contributed by atoms with Crippen LogP contribution >= 0.6 is 0 Å². The molecule has 4 nitrogen and oxygen atoms in total. The van der Waals surface area contributed by atoms with Crippen molar-refractivity contribution in [1.82, 2.24) is 0 Å².